The minimum absolute atomic E-state index is 0.0124. The van der Waals surface area contributed by atoms with E-state index in [0.717, 1.165) is 51.5 Å². The number of anilines is 1. The van der Waals surface area contributed by atoms with Crippen molar-refractivity contribution in [3.8, 4) is 21.7 Å². The fourth-order valence-electron chi connectivity index (χ4n) is 5.34. The molecule has 7 rings (SSSR count). The van der Waals surface area contributed by atoms with Gasteiger partial charge < -0.3 is 10.2 Å². The van der Waals surface area contributed by atoms with Gasteiger partial charge in [0.05, 0.1) is 39.5 Å². The number of aromatic nitrogens is 3. The van der Waals surface area contributed by atoms with Crippen molar-refractivity contribution in [2.75, 3.05) is 23.0 Å². The van der Waals surface area contributed by atoms with Crippen LogP contribution in [0, 0.1) is 0 Å². The number of pyridine rings is 1. The number of thiophene rings is 1. The number of amides is 2. The summed E-state index contributed by atoms with van der Waals surface area (Å²) in [5.41, 5.74) is 5.69. The Morgan fingerprint density at radius 3 is 2.67 bits per heavy atom. The van der Waals surface area contributed by atoms with Gasteiger partial charge in [0, 0.05) is 34.7 Å². The van der Waals surface area contributed by atoms with Gasteiger partial charge in [0.2, 0.25) is 0 Å². The zero-order valence-corrected chi connectivity index (χ0v) is 22.5. The van der Waals surface area contributed by atoms with E-state index in [-0.39, 0.29) is 29.4 Å². The van der Waals surface area contributed by atoms with Crippen molar-refractivity contribution in [1.29, 1.82) is 0 Å². The largest absolute Gasteiger partial charge is 0.347 e. The number of benzene rings is 1. The minimum atomic E-state index is -3.02. The maximum atomic E-state index is 13.9. The summed E-state index contributed by atoms with van der Waals surface area (Å²) >= 11 is 1.37. The molecule has 0 radical (unpaired) electrons. The number of rotatable bonds is 5. The van der Waals surface area contributed by atoms with Crippen LogP contribution in [0.5, 0.6) is 0 Å². The van der Waals surface area contributed by atoms with E-state index in [4.69, 9.17) is 4.98 Å². The number of nitrogens with one attached hydrogen (secondary N) is 2. The van der Waals surface area contributed by atoms with Gasteiger partial charge in [-0.1, -0.05) is 24.3 Å². The lowest BCUT2D eigenvalue weighted by atomic mass is 10.1. The van der Waals surface area contributed by atoms with Crippen molar-refractivity contribution < 1.29 is 18.0 Å². The van der Waals surface area contributed by atoms with Crippen LogP contribution in [0.4, 0.5) is 5.69 Å². The van der Waals surface area contributed by atoms with Gasteiger partial charge in [-0.05, 0) is 49.1 Å². The summed E-state index contributed by atoms with van der Waals surface area (Å²) in [6.07, 6.45) is 4.67. The van der Waals surface area contributed by atoms with E-state index in [9.17, 15) is 18.0 Å². The van der Waals surface area contributed by atoms with E-state index in [1.807, 2.05) is 48.7 Å². The Morgan fingerprint density at radius 1 is 1.05 bits per heavy atom. The molecular formula is C28H25N5O4S2. The number of fused-ring (bicyclic) bond motifs is 3. The SMILES string of the molecule is O=C(NC1CS(=O)(=O)C1)c1cc2c(s1)-c1ccccc1N(C(=O)c1cccc(-c3c[nH]nc3C3CC3)n1)CC2. The van der Waals surface area contributed by atoms with Crippen LogP contribution in [0.1, 0.15) is 50.2 Å². The molecule has 2 aliphatic heterocycles. The van der Waals surface area contributed by atoms with E-state index >= 15 is 0 Å². The summed E-state index contributed by atoms with van der Waals surface area (Å²) in [4.78, 5) is 34.7. The zero-order valence-electron chi connectivity index (χ0n) is 20.9. The van der Waals surface area contributed by atoms with Gasteiger partial charge in [0.15, 0.2) is 9.84 Å². The number of nitrogens with zero attached hydrogens (tertiary/aromatic N) is 3. The predicted octanol–water partition coefficient (Wildman–Crippen LogP) is 3.81. The molecule has 4 aromatic rings. The highest BCUT2D eigenvalue weighted by Crippen LogP contribution is 2.43. The van der Waals surface area contributed by atoms with Gasteiger partial charge in [0.25, 0.3) is 11.8 Å². The minimum Gasteiger partial charge on any atom is -0.347 e. The number of hydrogen-bond acceptors (Lipinski definition) is 7. The second-order valence-electron chi connectivity index (χ2n) is 10.3. The Morgan fingerprint density at radius 2 is 1.87 bits per heavy atom. The molecule has 0 bridgehead atoms. The standard InChI is InChI=1S/C28H25N5O4S2/c34-27(30-18-14-39(36,37)15-18)24-12-17-10-11-33(23-7-2-1-4-19(23)26(17)38-24)28(35)22-6-3-5-21(31-22)20-13-29-32-25(20)16-8-9-16/h1-7,12-13,16,18H,8-11,14-15H2,(H,29,32)(H,30,34). The van der Waals surface area contributed by atoms with E-state index < -0.39 is 9.84 Å². The van der Waals surface area contributed by atoms with Gasteiger partial charge in [0.1, 0.15) is 5.69 Å². The number of para-hydroxylation sites is 1. The average molecular weight is 560 g/mol. The van der Waals surface area contributed by atoms with Gasteiger partial charge >= 0.3 is 0 Å². The van der Waals surface area contributed by atoms with Crippen molar-refractivity contribution in [1.82, 2.24) is 20.5 Å². The van der Waals surface area contributed by atoms with Crippen LogP contribution in [0.2, 0.25) is 0 Å². The van der Waals surface area contributed by atoms with Crippen LogP contribution in [0.15, 0.2) is 54.7 Å². The first-order valence-electron chi connectivity index (χ1n) is 12.9. The second-order valence-corrected chi connectivity index (χ2v) is 13.5. The van der Waals surface area contributed by atoms with Crippen LogP contribution in [-0.4, -0.2) is 59.5 Å². The maximum absolute atomic E-state index is 13.9. The number of H-pyrrole nitrogens is 1. The van der Waals surface area contributed by atoms with E-state index in [2.05, 4.69) is 15.5 Å². The van der Waals surface area contributed by atoms with E-state index in [1.54, 1.807) is 11.0 Å². The van der Waals surface area contributed by atoms with Crippen molar-refractivity contribution in [3.63, 3.8) is 0 Å². The highest BCUT2D eigenvalue weighted by atomic mass is 32.2. The third kappa shape index (κ3) is 4.45. The molecule has 0 atom stereocenters. The molecule has 3 aromatic heterocycles. The Kier molecular flexibility index (Phi) is 5.67. The molecule has 0 unspecified atom stereocenters. The first kappa shape index (κ1) is 24.2. The van der Waals surface area contributed by atoms with E-state index in [0.29, 0.717) is 29.5 Å². The number of carbonyl (C=O) groups excluding carboxylic acids is 2. The van der Waals surface area contributed by atoms with Crippen LogP contribution in [0.25, 0.3) is 21.7 Å². The fraction of sp³-hybridized carbons (Fsp3) is 0.286. The molecule has 2 amide bonds. The molecule has 3 aliphatic rings. The van der Waals surface area contributed by atoms with Gasteiger partial charge in [-0.3, -0.25) is 14.7 Å². The molecule has 5 heterocycles. The maximum Gasteiger partial charge on any atom is 0.276 e. The lowest BCUT2D eigenvalue weighted by Gasteiger charge is -2.26. The molecule has 1 saturated heterocycles. The number of aromatic amines is 1. The number of hydrogen-bond donors (Lipinski definition) is 2. The topological polar surface area (TPSA) is 125 Å². The molecular weight excluding hydrogens is 534 g/mol. The summed E-state index contributed by atoms with van der Waals surface area (Å²) in [6, 6.07) is 14.8. The van der Waals surface area contributed by atoms with Crippen LogP contribution >= 0.6 is 11.3 Å². The molecule has 1 aromatic carbocycles. The number of sulfone groups is 1. The monoisotopic (exact) mass is 559 g/mol. The van der Waals surface area contributed by atoms with Gasteiger partial charge in [-0.15, -0.1) is 11.3 Å². The fourth-order valence-corrected chi connectivity index (χ4v) is 7.78. The normalized spacial score (nSPS) is 18.0. The molecule has 11 heteroatoms. The number of carbonyl (C=O) groups is 2. The predicted molar refractivity (Wildman–Crippen MR) is 149 cm³/mol. The van der Waals surface area contributed by atoms with Crippen molar-refractivity contribution in [2.45, 2.75) is 31.2 Å². The summed E-state index contributed by atoms with van der Waals surface area (Å²) in [6.45, 7) is 0.437. The lowest BCUT2D eigenvalue weighted by Crippen LogP contribution is -2.52. The van der Waals surface area contributed by atoms with Crippen LogP contribution in [-0.2, 0) is 16.3 Å². The molecule has 0 spiro atoms. The first-order chi connectivity index (χ1) is 18.9. The third-order valence-corrected chi connectivity index (χ3v) is 10.5. The summed E-state index contributed by atoms with van der Waals surface area (Å²) in [5, 5.41) is 10.2. The Balaban J connectivity index is 1.18. The Hall–Kier alpha value is -3.83. The molecule has 39 heavy (non-hydrogen) atoms. The lowest BCUT2D eigenvalue weighted by molar-refractivity contribution is 0.0944. The second kappa shape index (κ2) is 9.13. The zero-order chi connectivity index (χ0) is 26.7. The van der Waals surface area contributed by atoms with Crippen molar-refractivity contribution >= 4 is 38.7 Å². The molecule has 1 saturated carbocycles. The summed E-state index contributed by atoms with van der Waals surface area (Å²) in [5.74, 6) is -0.00920. The third-order valence-electron chi connectivity index (χ3n) is 7.45. The van der Waals surface area contributed by atoms with Crippen molar-refractivity contribution in [3.05, 3.63) is 76.6 Å². The molecule has 9 nitrogen and oxygen atoms in total. The highest BCUT2D eigenvalue weighted by Gasteiger charge is 2.35. The smallest absolute Gasteiger partial charge is 0.276 e. The quantitative estimate of drug-likeness (QED) is 0.383. The summed E-state index contributed by atoms with van der Waals surface area (Å²) < 4.78 is 22.9. The Labute approximate surface area is 229 Å². The molecule has 2 fully saturated rings. The summed E-state index contributed by atoms with van der Waals surface area (Å²) in [7, 11) is -3.02. The molecule has 198 valence electrons. The van der Waals surface area contributed by atoms with Crippen LogP contribution in [0.3, 0.4) is 0 Å². The van der Waals surface area contributed by atoms with Crippen molar-refractivity contribution in [2.24, 2.45) is 0 Å². The van der Waals surface area contributed by atoms with Crippen LogP contribution < -0.4 is 10.2 Å². The molecule has 2 N–H and O–H groups in total. The first-order valence-corrected chi connectivity index (χ1v) is 15.6. The van der Waals surface area contributed by atoms with Gasteiger partial charge in [-0.2, -0.15) is 5.10 Å². The molecule has 1 aliphatic carbocycles. The average Bonchev–Trinajstić information content (AvgIpc) is 3.52. The highest BCUT2D eigenvalue weighted by molar-refractivity contribution is 7.92. The Bertz CT molecular complexity index is 1730. The van der Waals surface area contributed by atoms with E-state index in [1.165, 1.54) is 11.3 Å². The van der Waals surface area contributed by atoms with Gasteiger partial charge in [-0.25, -0.2) is 13.4 Å².